The third-order valence-electron chi connectivity index (χ3n) is 6.60. The number of hydrogen-bond acceptors (Lipinski definition) is 6. The number of pyridine rings is 1. The van der Waals surface area contributed by atoms with Gasteiger partial charge in [0, 0.05) is 5.69 Å². The van der Waals surface area contributed by atoms with Gasteiger partial charge in [-0.1, -0.05) is 37.6 Å². The van der Waals surface area contributed by atoms with Crippen molar-refractivity contribution < 1.29 is 18.7 Å². The monoisotopic (exact) mass is 498 g/mol. The van der Waals surface area contributed by atoms with E-state index < -0.39 is 11.9 Å². The molecular formula is C30H30N2O5. The summed E-state index contributed by atoms with van der Waals surface area (Å²) in [6, 6.07) is 15.6. The fraction of sp³-hybridized carbons (Fsp3) is 0.300. The summed E-state index contributed by atoms with van der Waals surface area (Å²) in [7, 11) is 1.58. The number of aryl methyl sites for hydroxylation is 2. The molecule has 1 unspecified atom stereocenters. The second-order valence-electron chi connectivity index (χ2n) is 9.83. The van der Waals surface area contributed by atoms with E-state index in [1.165, 1.54) is 4.90 Å². The molecule has 7 nitrogen and oxygen atoms in total. The number of fused-ring (bicyclic) bond motifs is 2. The van der Waals surface area contributed by atoms with Gasteiger partial charge in [0.25, 0.3) is 5.91 Å². The van der Waals surface area contributed by atoms with Crippen LogP contribution in [0.25, 0.3) is 11.0 Å². The number of ether oxygens (including phenoxy) is 2. The van der Waals surface area contributed by atoms with E-state index in [4.69, 9.17) is 13.9 Å². The lowest BCUT2D eigenvalue weighted by atomic mass is 9.97. The molecule has 190 valence electrons. The highest BCUT2D eigenvalue weighted by Gasteiger charge is 2.44. The predicted molar refractivity (Wildman–Crippen MR) is 143 cm³/mol. The summed E-state index contributed by atoms with van der Waals surface area (Å²) in [6.45, 7) is 8.62. The summed E-state index contributed by atoms with van der Waals surface area (Å²) in [4.78, 5) is 33.8. The van der Waals surface area contributed by atoms with Gasteiger partial charge >= 0.3 is 0 Å². The molecule has 2 aromatic carbocycles. The molecule has 0 aliphatic carbocycles. The van der Waals surface area contributed by atoms with E-state index in [1.54, 1.807) is 25.3 Å². The Balaban J connectivity index is 1.69. The third kappa shape index (κ3) is 4.46. The number of aromatic nitrogens is 1. The van der Waals surface area contributed by atoms with E-state index in [2.05, 4.69) is 18.8 Å². The van der Waals surface area contributed by atoms with Crippen LogP contribution < -0.4 is 19.8 Å². The number of carbonyl (C=O) groups is 1. The van der Waals surface area contributed by atoms with Crippen molar-refractivity contribution in [3.05, 3.63) is 93.0 Å². The summed E-state index contributed by atoms with van der Waals surface area (Å²) in [5, 5.41) is 0.441. The minimum atomic E-state index is -0.739. The molecule has 5 rings (SSSR count). The zero-order valence-corrected chi connectivity index (χ0v) is 21.7. The van der Waals surface area contributed by atoms with Crippen molar-refractivity contribution in [3.63, 3.8) is 0 Å². The average molecular weight is 499 g/mol. The van der Waals surface area contributed by atoms with Crippen LogP contribution in [0.15, 0.2) is 63.8 Å². The summed E-state index contributed by atoms with van der Waals surface area (Å²) in [5.41, 5.74) is 2.83. The number of nitrogens with zero attached hydrogens (tertiary/aromatic N) is 2. The van der Waals surface area contributed by atoms with Gasteiger partial charge in [0.1, 0.15) is 11.4 Å². The van der Waals surface area contributed by atoms with Gasteiger partial charge in [0.05, 0.1) is 30.7 Å². The van der Waals surface area contributed by atoms with E-state index in [9.17, 15) is 9.59 Å². The highest BCUT2D eigenvalue weighted by molar-refractivity contribution is 6.10. The number of methoxy groups -OCH3 is 1. The van der Waals surface area contributed by atoms with Crippen LogP contribution in [0.4, 0.5) is 5.82 Å². The molecule has 0 radical (unpaired) electrons. The van der Waals surface area contributed by atoms with Crippen LogP contribution in [-0.2, 0) is 0 Å². The van der Waals surface area contributed by atoms with Crippen LogP contribution in [0, 0.1) is 19.8 Å². The molecule has 0 fully saturated rings. The van der Waals surface area contributed by atoms with E-state index >= 15 is 0 Å². The number of amides is 1. The highest BCUT2D eigenvalue weighted by Crippen LogP contribution is 2.43. The molecule has 0 saturated heterocycles. The standard InChI is InChI=1S/C30H30N2O5/c1-17(2)13-14-36-23-12-10-20(16-24(23)35-5)27-26-28(33)21-15-18(3)9-11-22(21)37-29(26)30(34)32(27)25-8-6-7-19(4)31-25/h6-12,15-17,27H,13-14H2,1-5H3. The molecule has 0 saturated carbocycles. The van der Waals surface area contributed by atoms with Gasteiger partial charge < -0.3 is 13.9 Å². The minimum absolute atomic E-state index is 0.0332. The molecule has 0 bridgehead atoms. The van der Waals surface area contributed by atoms with Gasteiger partial charge in [0.15, 0.2) is 16.9 Å². The first-order valence-electron chi connectivity index (χ1n) is 12.4. The summed E-state index contributed by atoms with van der Waals surface area (Å²) < 4.78 is 17.7. The van der Waals surface area contributed by atoms with Crippen LogP contribution >= 0.6 is 0 Å². The molecular weight excluding hydrogens is 468 g/mol. The molecule has 0 N–H and O–H groups in total. The van der Waals surface area contributed by atoms with Crippen molar-refractivity contribution in [2.24, 2.45) is 5.92 Å². The van der Waals surface area contributed by atoms with Gasteiger partial charge in [-0.2, -0.15) is 0 Å². The number of carbonyl (C=O) groups excluding carboxylic acids is 1. The average Bonchev–Trinajstić information content (AvgIpc) is 3.17. The van der Waals surface area contributed by atoms with E-state index in [0.717, 1.165) is 17.7 Å². The van der Waals surface area contributed by atoms with Gasteiger partial charge in [0.2, 0.25) is 5.76 Å². The predicted octanol–water partition coefficient (Wildman–Crippen LogP) is 5.99. The van der Waals surface area contributed by atoms with E-state index in [0.29, 0.717) is 51.9 Å². The van der Waals surface area contributed by atoms with Crippen molar-refractivity contribution in [2.75, 3.05) is 18.6 Å². The number of hydrogen-bond donors (Lipinski definition) is 0. The molecule has 4 aromatic rings. The van der Waals surface area contributed by atoms with Crippen molar-refractivity contribution >= 4 is 22.7 Å². The van der Waals surface area contributed by atoms with Crippen LogP contribution in [0.1, 0.15) is 59.2 Å². The lowest BCUT2D eigenvalue weighted by Gasteiger charge is -2.25. The van der Waals surface area contributed by atoms with Crippen molar-refractivity contribution in [2.45, 2.75) is 40.2 Å². The quantitative estimate of drug-likeness (QED) is 0.311. The topological polar surface area (TPSA) is 81.9 Å². The maximum Gasteiger partial charge on any atom is 0.296 e. The van der Waals surface area contributed by atoms with Crippen molar-refractivity contribution in [1.82, 2.24) is 4.98 Å². The molecule has 1 amide bonds. The first-order valence-corrected chi connectivity index (χ1v) is 12.4. The second kappa shape index (κ2) is 9.73. The Morgan fingerprint density at radius 1 is 1.03 bits per heavy atom. The SMILES string of the molecule is COc1cc(C2c3c(oc4ccc(C)cc4c3=O)C(=O)N2c2cccc(C)n2)ccc1OCCC(C)C. The number of rotatable bonds is 7. The van der Waals surface area contributed by atoms with Crippen LogP contribution in [0.3, 0.4) is 0 Å². The maximum atomic E-state index is 13.9. The Hall–Kier alpha value is -4.13. The minimum Gasteiger partial charge on any atom is -0.493 e. The Bertz CT molecular complexity index is 1560. The van der Waals surface area contributed by atoms with Crippen molar-refractivity contribution in [3.8, 4) is 11.5 Å². The van der Waals surface area contributed by atoms with Crippen LogP contribution in [-0.4, -0.2) is 24.6 Å². The van der Waals surface area contributed by atoms with Gasteiger partial charge in [-0.15, -0.1) is 0 Å². The molecule has 3 heterocycles. The normalized spacial score (nSPS) is 14.9. The zero-order valence-electron chi connectivity index (χ0n) is 21.7. The molecule has 37 heavy (non-hydrogen) atoms. The second-order valence-corrected chi connectivity index (χ2v) is 9.83. The number of anilines is 1. The first-order chi connectivity index (χ1) is 17.8. The van der Waals surface area contributed by atoms with E-state index in [1.807, 2.05) is 50.2 Å². The molecule has 2 aromatic heterocycles. The van der Waals surface area contributed by atoms with Crippen molar-refractivity contribution in [1.29, 1.82) is 0 Å². The van der Waals surface area contributed by atoms with Crippen LogP contribution in [0.5, 0.6) is 11.5 Å². The Labute approximate surface area is 215 Å². The molecule has 1 atom stereocenters. The van der Waals surface area contributed by atoms with Gasteiger partial charge in [-0.3, -0.25) is 14.5 Å². The van der Waals surface area contributed by atoms with Gasteiger partial charge in [-0.25, -0.2) is 4.98 Å². The summed E-state index contributed by atoms with van der Waals surface area (Å²) in [5.74, 6) is 1.72. The smallest absolute Gasteiger partial charge is 0.296 e. The van der Waals surface area contributed by atoms with E-state index in [-0.39, 0.29) is 11.2 Å². The Morgan fingerprint density at radius 2 is 1.84 bits per heavy atom. The third-order valence-corrected chi connectivity index (χ3v) is 6.60. The number of benzene rings is 2. The largest absolute Gasteiger partial charge is 0.493 e. The maximum absolute atomic E-state index is 13.9. The molecule has 7 heteroatoms. The zero-order chi connectivity index (χ0) is 26.3. The fourth-order valence-corrected chi connectivity index (χ4v) is 4.68. The first kappa shape index (κ1) is 24.6. The summed E-state index contributed by atoms with van der Waals surface area (Å²) >= 11 is 0. The lowest BCUT2D eigenvalue weighted by molar-refractivity contribution is 0.0970. The summed E-state index contributed by atoms with van der Waals surface area (Å²) in [6.07, 6.45) is 0.912. The highest BCUT2D eigenvalue weighted by atomic mass is 16.5. The van der Waals surface area contributed by atoms with Gasteiger partial charge in [-0.05, 0) is 68.1 Å². The lowest BCUT2D eigenvalue weighted by Crippen LogP contribution is -2.30. The van der Waals surface area contributed by atoms with Crippen LogP contribution in [0.2, 0.25) is 0 Å². The Kier molecular flexibility index (Phi) is 6.46. The Morgan fingerprint density at radius 3 is 2.57 bits per heavy atom. The fourth-order valence-electron chi connectivity index (χ4n) is 4.68. The molecule has 1 aliphatic rings. The molecule has 1 aliphatic heterocycles. The molecule has 0 spiro atoms.